The van der Waals surface area contributed by atoms with E-state index in [9.17, 15) is 4.79 Å². The van der Waals surface area contributed by atoms with Crippen LogP contribution in [0.25, 0.3) is 0 Å². The monoisotopic (exact) mass is 295 g/mol. The minimum Gasteiger partial charge on any atom is -0.319 e. The van der Waals surface area contributed by atoms with Gasteiger partial charge in [0.05, 0.1) is 12.2 Å². The van der Waals surface area contributed by atoms with Gasteiger partial charge in [-0.1, -0.05) is 30.3 Å². The van der Waals surface area contributed by atoms with Gasteiger partial charge in [0.2, 0.25) is 5.91 Å². The lowest BCUT2D eigenvalue weighted by atomic mass is 9.96. The van der Waals surface area contributed by atoms with E-state index in [2.05, 4.69) is 34.3 Å². The molecule has 0 saturated carbocycles. The minimum atomic E-state index is -0.112. The summed E-state index contributed by atoms with van der Waals surface area (Å²) in [6.45, 7) is 3.30. The molecule has 3 rings (SSSR count). The number of hydrogen-bond donors (Lipinski definition) is 1. The second-order valence-corrected chi connectivity index (χ2v) is 5.65. The first-order valence-electron chi connectivity index (χ1n) is 6.98. The van der Waals surface area contributed by atoms with Crippen molar-refractivity contribution in [2.45, 2.75) is 25.0 Å². The quantitative estimate of drug-likeness (QED) is 0.897. The van der Waals surface area contributed by atoms with Gasteiger partial charge < -0.3 is 9.80 Å². The Morgan fingerprint density at radius 1 is 1.20 bits per heavy atom. The number of likely N-dealkylation sites (tertiary alicyclic amines) is 1. The van der Waals surface area contributed by atoms with Crippen molar-refractivity contribution in [2.24, 2.45) is 0 Å². The molecule has 4 nitrogen and oxygen atoms in total. The molecule has 2 fully saturated rings. The molecule has 2 aliphatic heterocycles. The summed E-state index contributed by atoms with van der Waals surface area (Å²) in [5.74, 6) is 0.230. The lowest BCUT2D eigenvalue weighted by Gasteiger charge is -2.43. The van der Waals surface area contributed by atoms with Crippen molar-refractivity contribution in [3.8, 4) is 0 Å². The zero-order valence-electron chi connectivity index (χ0n) is 11.8. The Morgan fingerprint density at radius 2 is 1.85 bits per heavy atom. The van der Waals surface area contributed by atoms with Gasteiger partial charge in [0, 0.05) is 19.6 Å². The van der Waals surface area contributed by atoms with E-state index in [0.717, 1.165) is 32.5 Å². The van der Waals surface area contributed by atoms with E-state index < -0.39 is 0 Å². The highest BCUT2D eigenvalue weighted by molar-refractivity contribution is 5.85. The Hall–Kier alpha value is -1.10. The van der Waals surface area contributed by atoms with E-state index in [0.29, 0.717) is 6.54 Å². The molecule has 1 spiro atoms. The van der Waals surface area contributed by atoms with E-state index in [1.54, 1.807) is 0 Å². The Kier molecular flexibility index (Phi) is 4.68. The zero-order chi connectivity index (χ0) is 13.3. The molecule has 1 aromatic rings. The standard InChI is InChI=1S/C15H21N3O.ClH/c1-17-9-7-15(8-10-17)16-11-14(19)18(15)12-13-5-3-2-4-6-13;/h2-6,16H,7-12H2,1H3;1H. The highest BCUT2D eigenvalue weighted by Crippen LogP contribution is 2.31. The number of piperidine rings is 1. The van der Waals surface area contributed by atoms with Gasteiger partial charge in [-0.25, -0.2) is 0 Å². The maximum Gasteiger partial charge on any atom is 0.238 e. The number of nitrogens with zero attached hydrogens (tertiary/aromatic N) is 2. The Labute approximate surface area is 126 Å². The minimum absolute atomic E-state index is 0. The van der Waals surface area contributed by atoms with Gasteiger partial charge in [0.25, 0.3) is 0 Å². The maximum atomic E-state index is 12.2. The molecule has 0 aliphatic carbocycles. The Balaban J connectivity index is 0.00000147. The molecule has 2 heterocycles. The van der Waals surface area contributed by atoms with Crippen LogP contribution in [0.2, 0.25) is 0 Å². The third-order valence-electron chi connectivity index (χ3n) is 4.38. The smallest absolute Gasteiger partial charge is 0.238 e. The van der Waals surface area contributed by atoms with Gasteiger partial charge in [0.1, 0.15) is 0 Å². The van der Waals surface area contributed by atoms with E-state index in [1.807, 2.05) is 18.2 Å². The third kappa shape index (κ3) is 2.82. The van der Waals surface area contributed by atoms with Crippen LogP contribution >= 0.6 is 12.4 Å². The molecule has 1 aromatic carbocycles. The van der Waals surface area contributed by atoms with Crippen molar-refractivity contribution in [3.63, 3.8) is 0 Å². The zero-order valence-corrected chi connectivity index (χ0v) is 12.7. The fourth-order valence-corrected chi connectivity index (χ4v) is 3.11. The summed E-state index contributed by atoms with van der Waals surface area (Å²) >= 11 is 0. The number of halogens is 1. The lowest BCUT2D eigenvalue weighted by Crippen LogP contribution is -2.57. The number of benzene rings is 1. The van der Waals surface area contributed by atoms with Gasteiger partial charge in [0.15, 0.2) is 0 Å². The fourth-order valence-electron chi connectivity index (χ4n) is 3.11. The summed E-state index contributed by atoms with van der Waals surface area (Å²) in [6.07, 6.45) is 2.03. The van der Waals surface area contributed by atoms with Crippen molar-refractivity contribution in [2.75, 3.05) is 26.7 Å². The van der Waals surface area contributed by atoms with Gasteiger partial charge in [-0.15, -0.1) is 12.4 Å². The summed E-state index contributed by atoms with van der Waals surface area (Å²) < 4.78 is 0. The first-order chi connectivity index (χ1) is 9.20. The molecule has 2 aliphatic rings. The Morgan fingerprint density at radius 3 is 2.50 bits per heavy atom. The number of amides is 1. The van der Waals surface area contributed by atoms with Crippen LogP contribution in [0, 0.1) is 0 Å². The summed E-state index contributed by atoms with van der Waals surface area (Å²) in [7, 11) is 2.14. The van der Waals surface area contributed by atoms with Crippen LogP contribution in [-0.4, -0.2) is 48.1 Å². The molecule has 0 radical (unpaired) electrons. The SMILES string of the molecule is CN1CCC2(CC1)NCC(=O)N2Cc1ccccc1.Cl. The summed E-state index contributed by atoms with van der Waals surface area (Å²) in [5.41, 5.74) is 1.09. The van der Waals surface area contributed by atoms with Crippen molar-refractivity contribution in [1.82, 2.24) is 15.1 Å². The molecule has 0 atom stereocenters. The van der Waals surface area contributed by atoms with Crippen molar-refractivity contribution in [1.29, 1.82) is 0 Å². The molecule has 110 valence electrons. The molecule has 20 heavy (non-hydrogen) atoms. The van der Waals surface area contributed by atoms with Crippen LogP contribution < -0.4 is 5.32 Å². The first-order valence-corrected chi connectivity index (χ1v) is 6.98. The normalized spacial score (nSPS) is 22.1. The van der Waals surface area contributed by atoms with Crippen molar-refractivity contribution >= 4 is 18.3 Å². The first kappa shape index (κ1) is 15.3. The Bertz CT molecular complexity index is 457. The van der Waals surface area contributed by atoms with E-state index in [4.69, 9.17) is 0 Å². The lowest BCUT2D eigenvalue weighted by molar-refractivity contribution is -0.132. The molecular weight excluding hydrogens is 274 g/mol. The average Bonchev–Trinajstić information content (AvgIpc) is 2.73. The van der Waals surface area contributed by atoms with Crippen LogP contribution in [0.4, 0.5) is 0 Å². The van der Waals surface area contributed by atoms with Crippen molar-refractivity contribution in [3.05, 3.63) is 35.9 Å². The predicted molar refractivity (Wildman–Crippen MR) is 81.7 cm³/mol. The van der Waals surface area contributed by atoms with Gasteiger partial charge in [-0.2, -0.15) is 0 Å². The van der Waals surface area contributed by atoms with Gasteiger partial charge >= 0.3 is 0 Å². The predicted octanol–water partition coefficient (Wildman–Crippen LogP) is 1.46. The van der Waals surface area contributed by atoms with Crippen LogP contribution in [0.3, 0.4) is 0 Å². The second-order valence-electron chi connectivity index (χ2n) is 5.65. The molecule has 1 N–H and O–H groups in total. The molecule has 0 unspecified atom stereocenters. The largest absolute Gasteiger partial charge is 0.319 e. The van der Waals surface area contributed by atoms with Crippen LogP contribution in [-0.2, 0) is 11.3 Å². The van der Waals surface area contributed by atoms with Crippen LogP contribution in [0.1, 0.15) is 18.4 Å². The highest BCUT2D eigenvalue weighted by Gasteiger charge is 2.46. The summed E-state index contributed by atoms with van der Waals surface area (Å²) in [4.78, 5) is 16.6. The van der Waals surface area contributed by atoms with E-state index >= 15 is 0 Å². The van der Waals surface area contributed by atoms with Gasteiger partial charge in [-0.3, -0.25) is 10.1 Å². The van der Waals surface area contributed by atoms with Gasteiger partial charge in [-0.05, 0) is 25.5 Å². The molecule has 0 bridgehead atoms. The van der Waals surface area contributed by atoms with Crippen LogP contribution in [0.5, 0.6) is 0 Å². The molecule has 0 aromatic heterocycles. The molecule has 1 amide bonds. The summed E-state index contributed by atoms with van der Waals surface area (Å²) in [5, 5.41) is 3.46. The van der Waals surface area contributed by atoms with E-state index in [-0.39, 0.29) is 24.0 Å². The number of carbonyl (C=O) groups is 1. The average molecular weight is 296 g/mol. The number of nitrogens with one attached hydrogen (secondary N) is 1. The van der Waals surface area contributed by atoms with E-state index in [1.165, 1.54) is 5.56 Å². The van der Waals surface area contributed by atoms with Crippen LogP contribution in [0.15, 0.2) is 30.3 Å². The summed E-state index contributed by atoms with van der Waals surface area (Å²) in [6, 6.07) is 10.3. The maximum absolute atomic E-state index is 12.2. The topological polar surface area (TPSA) is 35.6 Å². The molecule has 5 heteroatoms. The fraction of sp³-hybridized carbons (Fsp3) is 0.533. The number of hydrogen-bond acceptors (Lipinski definition) is 3. The van der Waals surface area contributed by atoms with Crippen molar-refractivity contribution < 1.29 is 4.79 Å². The number of rotatable bonds is 2. The molecule has 2 saturated heterocycles. The second kappa shape index (κ2) is 6.12. The third-order valence-corrected chi connectivity index (χ3v) is 4.38. The number of carbonyl (C=O) groups excluding carboxylic acids is 1. The molecular formula is C15H22ClN3O. The highest BCUT2D eigenvalue weighted by atomic mass is 35.5.